The third-order valence-electron chi connectivity index (χ3n) is 0.931. The zero-order valence-electron chi connectivity index (χ0n) is 7.55. The third-order valence-corrected chi connectivity index (χ3v) is 0.931. The predicted molar refractivity (Wildman–Crippen MR) is 43.9 cm³/mol. The SMILES string of the molecule is CC.CC(=O)N(C)CC(N)=O. The Morgan fingerprint density at radius 1 is 1.36 bits per heavy atom. The van der Waals surface area contributed by atoms with Crippen LogP contribution in [0.4, 0.5) is 0 Å². The summed E-state index contributed by atoms with van der Waals surface area (Å²) in [6, 6.07) is 0. The fourth-order valence-corrected chi connectivity index (χ4v) is 0.345. The van der Waals surface area contributed by atoms with Crippen LogP contribution in [0.25, 0.3) is 0 Å². The van der Waals surface area contributed by atoms with E-state index in [1.807, 2.05) is 13.8 Å². The van der Waals surface area contributed by atoms with Crippen LogP contribution in [0, 0.1) is 0 Å². The van der Waals surface area contributed by atoms with Crippen molar-refractivity contribution in [2.24, 2.45) is 5.73 Å². The fraction of sp³-hybridized carbons (Fsp3) is 0.714. The summed E-state index contributed by atoms with van der Waals surface area (Å²) in [5, 5.41) is 0. The Morgan fingerprint density at radius 2 is 1.73 bits per heavy atom. The number of rotatable bonds is 2. The lowest BCUT2D eigenvalue weighted by Crippen LogP contribution is -2.33. The van der Waals surface area contributed by atoms with Gasteiger partial charge in [-0.2, -0.15) is 0 Å². The Hall–Kier alpha value is -1.06. The number of primary amides is 1. The van der Waals surface area contributed by atoms with Crippen molar-refractivity contribution in [3.05, 3.63) is 0 Å². The van der Waals surface area contributed by atoms with Gasteiger partial charge >= 0.3 is 0 Å². The Balaban J connectivity index is 0. The first-order chi connectivity index (χ1) is 5.04. The van der Waals surface area contributed by atoms with E-state index in [-0.39, 0.29) is 12.5 Å². The van der Waals surface area contributed by atoms with Crippen molar-refractivity contribution in [3.63, 3.8) is 0 Å². The molecule has 0 spiro atoms. The molecule has 2 N–H and O–H groups in total. The quantitative estimate of drug-likeness (QED) is 0.616. The second kappa shape index (κ2) is 7.05. The molecule has 0 aliphatic heterocycles. The van der Waals surface area contributed by atoms with Crippen LogP contribution in [0.5, 0.6) is 0 Å². The van der Waals surface area contributed by atoms with Crippen LogP contribution < -0.4 is 5.73 Å². The minimum Gasteiger partial charge on any atom is -0.368 e. The van der Waals surface area contributed by atoms with E-state index in [0.29, 0.717) is 0 Å². The normalized spacial score (nSPS) is 7.64. The maximum atomic E-state index is 10.4. The first-order valence-corrected chi connectivity index (χ1v) is 3.54. The van der Waals surface area contributed by atoms with E-state index in [1.165, 1.54) is 18.9 Å². The standard InChI is InChI=1S/C5H10N2O2.C2H6/c1-4(8)7(2)3-5(6)9;1-2/h3H2,1-2H3,(H2,6,9);1-2H3. The maximum absolute atomic E-state index is 10.4. The first-order valence-electron chi connectivity index (χ1n) is 3.54. The highest BCUT2D eigenvalue weighted by Gasteiger charge is 2.03. The van der Waals surface area contributed by atoms with E-state index in [4.69, 9.17) is 5.73 Å². The summed E-state index contributed by atoms with van der Waals surface area (Å²) < 4.78 is 0. The highest BCUT2D eigenvalue weighted by Crippen LogP contribution is 1.79. The van der Waals surface area contributed by atoms with Gasteiger partial charge in [-0.15, -0.1) is 0 Å². The zero-order chi connectivity index (χ0) is 9.44. The zero-order valence-corrected chi connectivity index (χ0v) is 7.55. The van der Waals surface area contributed by atoms with Gasteiger partial charge < -0.3 is 10.6 Å². The van der Waals surface area contributed by atoms with Gasteiger partial charge in [0.05, 0.1) is 6.54 Å². The number of nitrogens with zero attached hydrogens (tertiary/aromatic N) is 1. The molecule has 0 saturated carbocycles. The summed E-state index contributed by atoms with van der Waals surface area (Å²) in [7, 11) is 1.52. The number of likely N-dealkylation sites (N-methyl/N-ethyl adjacent to an activating group) is 1. The van der Waals surface area contributed by atoms with Gasteiger partial charge in [0.1, 0.15) is 0 Å². The summed E-state index contributed by atoms with van der Waals surface area (Å²) in [5.41, 5.74) is 4.80. The Bertz CT molecular complexity index is 134. The molecule has 0 aromatic carbocycles. The minimum absolute atomic E-state index is 0.00463. The van der Waals surface area contributed by atoms with Crippen molar-refractivity contribution in [1.82, 2.24) is 4.90 Å². The van der Waals surface area contributed by atoms with Gasteiger partial charge in [-0.05, 0) is 0 Å². The van der Waals surface area contributed by atoms with E-state index in [1.54, 1.807) is 0 Å². The number of carbonyl (C=O) groups excluding carboxylic acids is 2. The molecule has 2 amide bonds. The number of hydrogen-bond acceptors (Lipinski definition) is 2. The van der Waals surface area contributed by atoms with Gasteiger partial charge in [0, 0.05) is 14.0 Å². The van der Waals surface area contributed by atoms with Crippen molar-refractivity contribution in [2.75, 3.05) is 13.6 Å². The van der Waals surface area contributed by atoms with Crippen molar-refractivity contribution in [3.8, 4) is 0 Å². The molecule has 11 heavy (non-hydrogen) atoms. The molecule has 0 aromatic heterocycles. The average Bonchev–Trinajstić information content (AvgIpc) is 1.90. The van der Waals surface area contributed by atoms with E-state index in [9.17, 15) is 9.59 Å². The second-order valence-electron chi connectivity index (χ2n) is 1.84. The Morgan fingerprint density at radius 3 is 1.82 bits per heavy atom. The minimum atomic E-state index is -0.493. The van der Waals surface area contributed by atoms with Crippen LogP contribution >= 0.6 is 0 Å². The van der Waals surface area contributed by atoms with Gasteiger partial charge in [0.25, 0.3) is 0 Å². The molecule has 0 aliphatic rings. The second-order valence-corrected chi connectivity index (χ2v) is 1.84. The Labute approximate surface area is 67.4 Å². The van der Waals surface area contributed by atoms with Crippen LogP contribution in [-0.2, 0) is 9.59 Å². The molecule has 0 saturated heterocycles. The molecular formula is C7H16N2O2. The van der Waals surface area contributed by atoms with Gasteiger partial charge in [0.2, 0.25) is 11.8 Å². The topological polar surface area (TPSA) is 63.4 Å². The molecule has 0 aliphatic carbocycles. The summed E-state index contributed by atoms with van der Waals surface area (Å²) >= 11 is 0. The molecule has 4 nitrogen and oxygen atoms in total. The summed E-state index contributed by atoms with van der Waals surface area (Å²) in [6.45, 7) is 5.37. The van der Waals surface area contributed by atoms with Crippen molar-refractivity contribution in [2.45, 2.75) is 20.8 Å². The van der Waals surface area contributed by atoms with Gasteiger partial charge in [0.15, 0.2) is 0 Å². The molecule has 4 heteroatoms. The lowest BCUT2D eigenvalue weighted by molar-refractivity contribution is -0.131. The highest BCUT2D eigenvalue weighted by atomic mass is 16.2. The molecule has 66 valence electrons. The summed E-state index contributed by atoms with van der Waals surface area (Å²) in [4.78, 5) is 21.8. The van der Waals surface area contributed by atoms with Gasteiger partial charge in [-0.1, -0.05) is 13.8 Å². The Kier molecular flexibility index (Phi) is 8.08. The van der Waals surface area contributed by atoms with Crippen LogP contribution in [0.3, 0.4) is 0 Å². The van der Waals surface area contributed by atoms with Crippen molar-refractivity contribution in [1.29, 1.82) is 0 Å². The predicted octanol–water partition coefficient (Wildman–Crippen LogP) is -0.0238. The van der Waals surface area contributed by atoms with Crippen molar-refractivity contribution < 1.29 is 9.59 Å². The molecule has 0 heterocycles. The van der Waals surface area contributed by atoms with E-state index in [0.717, 1.165) is 0 Å². The van der Waals surface area contributed by atoms with Gasteiger partial charge in [-0.25, -0.2) is 0 Å². The highest BCUT2D eigenvalue weighted by molar-refractivity contribution is 5.82. The molecule has 0 fully saturated rings. The van der Waals surface area contributed by atoms with E-state index < -0.39 is 5.91 Å². The first kappa shape index (κ1) is 12.6. The molecule has 0 unspecified atom stereocenters. The number of amides is 2. The monoisotopic (exact) mass is 160 g/mol. The summed E-state index contributed by atoms with van der Waals surface area (Å²) in [6.07, 6.45) is 0. The lowest BCUT2D eigenvalue weighted by atomic mass is 10.5. The molecule has 0 atom stereocenters. The van der Waals surface area contributed by atoms with E-state index >= 15 is 0 Å². The molecule has 0 radical (unpaired) electrons. The largest absolute Gasteiger partial charge is 0.368 e. The number of carbonyl (C=O) groups is 2. The maximum Gasteiger partial charge on any atom is 0.237 e. The van der Waals surface area contributed by atoms with Crippen LogP contribution in [0.2, 0.25) is 0 Å². The van der Waals surface area contributed by atoms with E-state index in [2.05, 4.69) is 0 Å². The molecule has 0 bridgehead atoms. The smallest absolute Gasteiger partial charge is 0.237 e. The molecular weight excluding hydrogens is 144 g/mol. The van der Waals surface area contributed by atoms with Crippen LogP contribution in [-0.4, -0.2) is 30.3 Å². The molecule has 0 rings (SSSR count). The fourth-order valence-electron chi connectivity index (χ4n) is 0.345. The number of hydrogen-bond donors (Lipinski definition) is 1. The summed E-state index contributed by atoms with van der Waals surface area (Å²) in [5.74, 6) is -0.651. The van der Waals surface area contributed by atoms with Crippen molar-refractivity contribution >= 4 is 11.8 Å². The lowest BCUT2D eigenvalue weighted by Gasteiger charge is -2.10. The third kappa shape index (κ3) is 8.94. The van der Waals surface area contributed by atoms with Crippen LogP contribution in [0.15, 0.2) is 0 Å². The van der Waals surface area contributed by atoms with Crippen LogP contribution in [0.1, 0.15) is 20.8 Å². The number of nitrogens with two attached hydrogens (primary N) is 1. The average molecular weight is 160 g/mol. The molecule has 0 aromatic rings. The van der Waals surface area contributed by atoms with Gasteiger partial charge in [-0.3, -0.25) is 9.59 Å².